The van der Waals surface area contributed by atoms with Crippen molar-refractivity contribution in [1.29, 1.82) is 0 Å². The first kappa shape index (κ1) is 19.3. The molecule has 1 aliphatic heterocycles. The summed E-state index contributed by atoms with van der Waals surface area (Å²) in [6.07, 6.45) is 5.36. The molecule has 1 saturated heterocycles. The van der Waals surface area contributed by atoms with Crippen molar-refractivity contribution in [3.05, 3.63) is 48.1 Å². The van der Waals surface area contributed by atoms with E-state index in [4.69, 9.17) is 5.73 Å². The summed E-state index contributed by atoms with van der Waals surface area (Å²) >= 11 is 1.51. The number of pyridine rings is 2. The molecule has 150 valence electrons. The molecule has 0 aromatic carbocycles. The second kappa shape index (κ2) is 7.79. The van der Waals surface area contributed by atoms with Crippen LogP contribution in [0.15, 0.2) is 48.1 Å². The summed E-state index contributed by atoms with van der Waals surface area (Å²) in [7, 11) is 0. The highest BCUT2D eigenvalue weighted by Crippen LogP contribution is 2.37. The van der Waals surface area contributed by atoms with Gasteiger partial charge in [-0.1, -0.05) is 6.07 Å². The third-order valence-electron chi connectivity index (χ3n) is 5.49. The summed E-state index contributed by atoms with van der Waals surface area (Å²) in [6, 6.07) is 9.72. The first-order valence-electron chi connectivity index (χ1n) is 9.62. The van der Waals surface area contributed by atoms with Crippen molar-refractivity contribution < 1.29 is 4.79 Å². The molecule has 1 amide bonds. The van der Waals surface area contributed by atoms with Crippen molar-refractivity contribution in [2.45, 2.75) is 32.2 Å². The van der Waals surface area contributed by atoms with Gasteiger partial charge in [-0.2, -0.15) is 0 Å². The fourth-order valence-electron chi connectivity index (χ4n) is 3.93. The molecular formula is C21H24N6OS. The second-order valence-corrected chi connectivity index (χ2v) is 8.54. The van der Waals surface area contributed by atoms with Crippen molar-refractivity contribution >= 4 is 33.9 Å². The maximum atomic E-state index is 11.9. The molecule has 1 aliphatic rings. The number of carbonyl (C=O) groups excluding carboxylic acids is 1. The van der Waals surface area contributed by atoms with Gasteiger partial charge in [-0.15, -0.1) is 11.3 Å². The van der Waals surface area contributed by atoms with Crippen LogP contribution in [0.3, 0.4) is 0 Å². The minimum Gasteiger partial charge on any atom is -0.369 e. The first-order chi connectivity index (χ1) is 13.9. The lowest BCUT2D eigenvalue weighted by molar-refractivity contribution is -0.124. The SMILES string of the molecule is CC1(C)C(C(N)=O)CCCN1c1ccc(Nc2nc(-c3ccccn3)cs2)nc1. The average Bonchev–Trinajstić information content (AvgIpc) is 3.17. The van der Waals surface area contributed by atoms with Gasteiger partial charge in [0.15, 0.2) is 5.13 Å². The fourth-order valence-corrected chi connectivity index (χ4v) is 4.64. The van der Waals surface area contributed by atoms with E-state index in [1.807, 2.05) is 41.9 Å². The van der Waals surface area contributed by atoms with E-state index in [9.17, 15) is 4.79 Å². The summed E-state index contributed by atoms with van der Waals surface area (Å²) in [5, 5.41) is 5.98. The van der Waals surface area contributed by atoms with Crippen LogP contribution in [0.4, 0.5) is 16.6 Å². The molecule has 0 bridgehead atoms. The van der Waals surface area contributed by atoms with E-state index in [1.54, 1.807) is 6.20 Å². The van der Waals surface area contributed by atoms with Gasteiger partial charge in [-0.05, 0) is 51.0 Å². The highest BCUT2D eigenvalue weighted by atomic mass is 32.1. The number of nitrogens with zero attached hydrogens (tertiary/aromatic N) is 4. The van der Waals surface area contributed by atoms with E-state index in [1.165, 1.54) is 11.3 Å². The van der Waals surface area contributed by atoms with Crippen LogP contribution in [0.5, 0.6) is 0 Å². The van der Waals surface area contributed by atoms with Crippen molar-refractivity contribution in [3.63, 3.8) is 0 Å². The molecule has 0 radical (unpaired) electrons. The van der Waals surface area contributed by atoms with Crippen LogP contribution >= 0.6 is 11.3 Å². The van der Waals surface area contributed by atoms with Gasteiger partial charge in [-0.3, -0.25) is 9.78 Å². The molecule has 4 rings (SSSR count). The minimum absolute atomic E-state index is 0.172. The number of hydrogen-bond donors (Lipinski definition) is 2. The van der Waals surface area contributed by atoms with Gasteiger partial charge in [-0.25, -0.2) is 9.97 Å². The van der Waals surface area contributed by atoms with Crippen LogP contribution in [0.1, 0.15) is 26.7 Å². The number of primary amides is 1. The van der Waals surface area contributed by atoms with Crippen LogP contribution in [0.2, 0.25) is 0 Å². The summed E-state index contributed by atoms with van der Waals surface area (Å²) < 4.78 is 0. The van der Waals surface area contributed by atoms with E-state index < -0.39 is 0 Å². The van der Waals surface area contributed by atoms with Crippen molar-refractivity contribution in [2.75, 3.05) is 16.8 Å². The molecule has 0 aliphatic carbocycles. The standard InChI is InChI=1S/C21H24N6OS/c1-21(2)15(19(22)28)6-5-11-27(21)14-8-9-18(24-12-14)26-20-25-17(13-29-20)16-7-3-4-10-23-16/h3-4,7-10,12-13,15H,5-6,11H2,1-2H3,(H2,22,28)(H,24,25,26). The van der Waals surface area contributed by atoms with Gasteiger partial charge >= 0.3 is 0 Å². The fraction of sp³-hybridized carbons (Fsp3) is 0.333. The van der Waals surface area contributed by atoms with Gasteiger partial charge in [0.2, 0.25) is 5.91 Å². The Morgan fingerprint density at radius 3 is 2.79 bits per heavy atom. The molecule has 29 heavy (non-hydrogen) atoms. The molecule has 4 heterocycles. The maximum absolute atomic E-state index is 11.9. The Hall–Kier alpha value is -3.00. The lowest BCUT2D eigenvalue weighted by atomic mass is 9.78. The van der Waals surface area contributed by atoms with Gasteiger partial charge in [0.1, 0.15) is 11.5 Å². The largest absolute Gasteiger partial charge is 0.369 e. The number of rotatable bonds is 5. The summed E-state index contributed by atoms with van der Waals surface area (Å²) in [5.41, 5.74) is 7.96. The number of amides is 1. The number of aromatic nitrogens is 3. The molecule has 1 fully saturated rings. The molecule has 8 heteroatoms. The predicted octanol–water partition coefficient (Wildman–Crippen LogP) is 3.82. The van der Waals surface area contributed by atoms with E-state index in [0.717, 1.165) is 47.4 Å². The Bertz CT molecular complexity index is 986. The highest BCUT2D eigenvalue weighted by Gasteiger charge is 2.41. The predicted molar refractivity (Wildman–Crippen MR) is 116 cm³/mol. The van der Waals surface area contributed by atoms with Gasteiger partial charge in [0, 0.05) is 23.7 Å². The number of nitrogens with two attached hydrogens (primary N) is 1. The third-order valence-corrected chi connectivity index (χ3v) is 6.25. The van der Waals surface area contributed by atoms with E-state index in [-0.39, 0.29) is 17.4 Å². The number of piperidine rings is 1. The Balaban J connectivity index is 1.49. The Morgan fingerprint density at radius 1 is 1.24 bits per heavy atom. The van der Waals surface area contributed by atoms with Gasteiger partial charge < -0.3 is 16.0 Å². The van der Waals surface area contributed by atoms with E-state index in [2.05, 4.69) is 39.0 Å². The van der Waals surface area contributed by atoms with Crippen LogP contribution in [-0.4, -0.2) is 32.9 Å². The molecular weight excluding hydrogens is 384 g/mol. The monoisotopic (exact) mass is 408 g/mol. The van der Waals surface area contributed by atoms with Crippen molar-refractivity contribution in [3.8, 4) is 11.4 Å². The highest BCUT2D eigenvalue weighted by molar-refractivity contribution is 7.14. The number of thiazole rings is 1. The minimum atomic E-state index is -0.340. The lowest BCUT2D eigenvalue weighted by Gasteiger charge is -2.48. The Morgan fingerprint density at radius 2 is 2.10 bits per heavy atom. The summed E-state index contributed by atoms with van der Waals surface area (Å²) in [4.78, 5) is 27.6. The molecule has 3 aromatic heterocycles. The van der Waals surface area contributed by atoms with Crippen molar-refractivity contribution in [1.82, 2.24) is 15.0 Å². The number of anilines is 3. The quantitative estimate of drug-likeness (QED) is 0.666. The molecule has 3 N–H and O–H groups in total. The Kier molecular flexibility index (Phi) is 5.19. The summed E-state index contributed by atoms with van der Waals surface area (Å²) in [5.74, 6) is 0.310. The Labute approximate surface area is 174 Å². The van der Waals surface area contributed by atoms with Crippen LogP contribution in [-0.2, 0) is 4.79 Å². The van der Waals surface area contributed by atoms with Crippen LogP contribution < -0.4 is 16.0 Å². The van der Waals surface area contributed by atoms with Crippen molar-refractivity contribution in [2.24, 2.45) is 11.7 Å². The van der Waals surface area contributed by atoms with Crippen LogP contribution in [0.25, 0.3) is 11.4 Å². The van der Waals surface area contributed by atoms with E-state index >= 15 is 0 Å². The molecule has 7 nitrogen and oxygen atoms in total. The normalized spacial score (nSPS) is 18.4. The van der Waals surface area contributed by atoms with Gasteiger partial charge in [0.25, 0.3) is 0 Å². The van der Waals surface area contributed by atoms with Crippen LogP contribution in [0, 0.1) is 5.92 Å². The number of hydrogen-bond acceptors (Lipinski definition) is 7. The first-order valence-corrected chi connectivity index (χ1v) is 10.5. The maximum Gasteiger partial charge on any atom is 0.222 e. The smallest absolute Gasteiger partial charge is 0.222 e. The third kappa shape index (κ3) is 3.93. The zero-order valence-electron chi connectivity index (χ0n) is 16.5. The molecule has 3 aromatic rings. The topological polar surface area (TPSA) is 97.0 Å². The molecule has 1 atom stereocenters. The van der Waals surface area contributed by atoms with E-state index in [0.29, 0.717) is 0 Å². The molecule has 0 spiro atoms. The number of carbonyl (C=O) groups is 1. The zero-order valence-corrected chi connectivity index (χ0v) is 17.3. The molecule has 0 saturated carbocycles. The zero-order chi connectivity index (χ0) is 20.4. The average molecular weight is 409 g/mol. The lowest BCUT2D eigenvalue weighted by Crippen LogP contribution is -2.57. The summed E-state index contributed by atoms with van der Waals surface area (Å²) in [6.45, 7) is 5.02. The second-order valence-electron chi connectivity index (χ2n) is 7.68. The number of nitrogens with one attached hydrogen (secondary N) is 1. The molecule has 1 unspecified atom stereocenters. The van der Waals surface area contributed by atoms with Gasteiger partial charge in [0.05, 0.1) is 23.5 Å².